The van der Waals surface area contributed by atoms with E-state index in [1.165, 1.54) is 12.4 Å². The summed E-state index contributed by atoms with van der Waals surface area (Å²) in [4.78, 5) is 7.65. The van der Waals surface area contributed by atoms with Gasteiger partial charge in [0.05, 0.1) is 0 Å². The number of sulfone groups is 1. The van der Waals surface area contributed by atoms with Crippen LogP contribution < -0.4 is 0 Å². The highest BCUT2D eigenvalue weighted by molar-refractivity contribution is 7.90. The van der Waals surface area contributed by atoms with E-state index in [-0.39, 0.29) is 5.16 Å². The molecule has 0 saturated heterocycles. The van der Waals surface area contributed by atoms with E-state index in [0.717, 1.165) is 17.4 Å². The number of benzene rings is 1. The van der Waals surface area contributed by atoms with E-state index >= 15 is 0 Å². The van der Waals surface area contributed by atoms with Gasteiger partial charge in [-0.2, -0.15) is 0 Å². The van der Waals surface area contributed by atoms with Crippen LogP contribution in [-0.4, -0.2) is 24.6 Å². The fourth-order valence-corrected chi connectivity index (χ4v) is 1.78. The molecule has 0 saturated carbocycles. The highest BCUT2D eigenvalue weighted by Gasteiger charge is 2.10. The zero-order chi connectivity index (χ0) is 11.6. The summed E-state index contributed by atoms with van der Waals surface area (Å²) in [5.74, 6) is 0. The van der Waals surface area contributed by atoms with Gasteiger partial charge >= 0.3 is 0 Å². The first-order chi connectivity index (χ1) is 7.57. The summed E-state index contributed by atoms with van der Waals surface area (Å²) in [6.07, 6.45) is 4.11. The lowest BCUT2D eigenvalue weighted by molar-refractivity contribution is 0.593. The molecule has 0 radical (unpaired) electrons. The van der Waals surface area contributed by atoms with Crippen LogP contribution in [0.15, 0.2) is 47.9 Å². The molecule has 16 heavy (non-hydrogen) atoms. The molecule has 0 atom stereocenters. The van der Waals surface area contributed by atoms with Crippen molar-refractivity contribution in [2.24, 2.45) is 0 Å². The maximum absolute atomic E-state index is 11.2. The minimum atomic E-state index is -3.32. The average molecular weight is 234 g/mol. The van der Waals surface area contributed by atoms with Crippen molar-refractivity contribution in [1.82, 2.24) is 9.97 Å². The van der Waals surface area contributed by atoms with Gasteiger partial charge in [0.15, 0.2) is 0 Å². The van der Waals surface area contributed by atoms with Crippen molar-refractivity contribution in [2.45, 2.75) is 5.16 Å². The Kier molecular flexibility index (Phi) is 2.70. The molecule has 0 aliphatic heterocycles. The molecular formula is C11H10N2O2S. The van der Waals surface area contributed by atoms with Crippen LogP contribution in [0.1, 0.15) is 0 Å². The van der Waals surface area contributed by atoms with Gasteiger partial charge in [-0.15, -0.1) is 0 Å². The van der Waals surface area contributed by atoms with E-state index in [1.807, 2.05) is 30.3 Å². The minimum absolute atomic E-state index is 0.146. The van der Waals surface area contributed by atoms with E-state index in [9.17, 15) is 8.42 Å². The summed E-state index contributed by atoms with van der Waals surface area (Å²) >= 11 is 0. The monoisotopic (exact) mass is 234 g/mol. The van der Waals surface area contributed by atoms with Crippen LogP contribution in [0, 0.1) is 0 Å². The van der Waals surface area contributed by atoms with Crippen LogP contribution in [0.2, 0.25) is 0 Å². The van der Waals surface area contributed by atoms with Crippen LogP contribution in [0.4, 0.5) is 0 Å². The third-order valence-corrected chi connectivity index (χ3v) is 2.94. The molecule has 0 aliphatic carbocycles. The quantitative estimate of drug-likeness (QED) is 0.740. The second-order valence-electron chi connectivity index (χ2n) is 3.39. The van der Waals surface area contributed by atoms with E-state index in [0.29, 0.717) is 0 Å². The molecule has 1 aromatic carbocycles. The van der Waals surface area contributed by atoms with E-state index in [2.05, 4.69) is 9.97 Å². The van der Waals surface area contributed by atoms with E-state index in [4.69, 9.17) is 0 Å². The standard InChI is InChI=1S/C11H10N2O2S/c1-16(14,15)11-12-7-10(8-13-11)9-5-3-2-4-6-9/h2-8H,1H3. The highest BCUT2D eigenvalue weighted by Crippen LogP contribution is 2.16. The molecule has 0 N–H and O–H groups in total. The second kappa shape index (κ2) is 4.02. The van der Waals surface area contributed by atoms with Crippen molar-refractivity contribution in [3.8, 4) is 11.1 Å². The van der Waals surface area contributed by atoms with Gasteiger partial charge in [0.2, 0.25) is 15.0 Å². The normalized spacial score (nSPS) is 11.3. The number of nitrogens with zero attached hydrogens (tertiary/aromatic N) is 2. The third-order valence-electron chi connectivity index (χ3n) is 2.07. The van der Waals surface area contributed by atoms with Gasteiger partial charge in [0.1, 0.15) is 0 Å². The zero-order valence-electron chi connectivity index (χ0n) is 8.66. The Hall–Kier alpha value is -1.75. The van der Waals surface area contributed by atoms with Crippen molar-refractivity contribution in [2.75, 3.05) is 6.26 Å². The van der Waals surface area contributed by atoms with Crippen LogP contribution in [0.5, 0.6) is 0 Å². The lowest BCUT2D eigenvalue weighted by Crippen LogP contribution is -2.03. The predicted octanol–water partition coefficient (Wildman–Crippen LogP) is 1.55. The largest absolute Gasteiger partial charge is 0.246 e. The molecule has 82 valence electrons. The molecule has 2 aromatic rings. The first-order valence-corrected chi connectivity index (χ1v) is 6.54. The molecule has 0 bridgehead atoms. The summed E-state index contributed by atoms with van der Waals surface area (Å²) in [6, 6.07) is 9.55. The van der Waals surface area contributed by atoms with Gasteiger partial charge in [-0.1, -0.05) is 30.3 Å². The molecule has 4 nitrogen and oxygen atoms in total. The Balaban J connectivity index is 2.41. The first-order valence-electron chi connectivity index (χ1n) is 4.65. The van der Waals surface area contributed by atoms with Gasteiger partial charge in [-0.3, -0.25) is 0 Å². The van der Waals surface area contributed by atoms with E-state index in [1.54, 1.807) is 0 Å². The van der Waals surface area contributed by atoms with Crippen LogP contribution in [0.3, 0.4) is 0 Å². The molecule has 0 amide bonds. The molecule has 5 heteroatoms. The van der Waals surface area contributed by atoms with Crippen LogP contribution >= 0.6 is 0 Å². The molecule has 0 aliphatic rings. The summed E-state index contributed by atoms with van der Waals surface area (Å²) in [5, 5.41) is -0.146. The highest BCUT2D eigenvalue weighted by atomic mass is 32.2. The molecule has 0 unspecified atom stereocenters. The summed E-state index contributed by atoms with van der Waals surface area (Å²) in [7, 11) is -3.32. The van der Waals surface area contributed by atoms with Crippen molar-refractivity contribution in [1.29, 1.82) is 0 Å². The van der Waals surface area contributed by atoms with E-state index < -0.39 is 9.84 Å². The van der Waals surface area contributed by atoms with Crippen LogP contribution in [0.25, 0.3) is 11.1 Å². The molecule has 1 heterocycles. The topological polar surface area (TPSA) is 59.9 Å². The number of hydrogen-bond donors (Lipinski definition) is 0. The second-order valence-corrected chi connectivity index (χ2v) is 5.30. The first kappa shape index (κ1) is 10.8. The predicted molar refractivity (Wildman–Crippen MR) is 60.6 cm³/mol. The van der Waals surface area contributed by atoms with Gasteiger partial charge in [-0.05, 0) is 5.56 Å². The summed E-state index contributed by atoms with van der Waals surface area (Å²) < 4.78 is 22.3. The van der Waals surface area contributed by atoms with Crippen molar-refractivity contribution < 1.29 is 8.42 Å². The zero-order valence-corrected chi connectivity index (χ0v) is 9.48. The Labute approximate surface area is 93.9 Å². The minimum Gasteiger partial charge on any atom is -0.226 e. The maximum Gasteiger partial charge on any atom is 0.246 e. The molecule has 0 spiro atoms. The van der Waals surface area contributed by atoms with Gasteiger partial charge < -0.3 is 0 Å². The Bertz CT molecular complexity index is 577. The summed E-state index contributed by atoms with van der Waals surface area (Å²) in [5.41, 5.74) is 1.76. The SMILES string of the molecule is CS(=O)(=O)c1ncc(-c2ccccc2)cn1. The Morgan fingerprint density at radius 2 is 1.50 bits per heavy atom. The van der Waals surface area contributed by atoms with Gasteiger partial charge in [-0.25, -0.2) is 18.4 Å². The van der Waals surface area contributed by atoms with Gasteiger partial charge in [0, 0.05) is 24.2 Å². The fraction of sp³-hybridized carbons (Fsp3) is 0.0909. The Morgan fingerprint density at radius 3 is 2.00 bits per heavy atom. The Morgan fingerprint density at radius 1 is 0.938 bits per heavy atom. The number of rotatable bonds is 2. The average Bonchev–Trinajstić information content (AvgIpc) is 2.29. The maximum atomic E-state index is 11.2. The lowest BCUT2D eigenvalue weighted by Gasteiger charge is -2.01. The lowest BCUT2D eigenvalue weighted by atomic mass is 10.1. The molecule has 2 rings (SSSR count). The summed E-state index contributed by atoms with van der Waals surface area (Å²) in [6.45, 7) is 0. The third kappa shape index (κ3) is 2.25. The number of hydrogen-bond acceptors (Lipinski definition) is 4. The van der Waals surface area contributed by atoms with Crippen LogP contribution in [-0.2, 0) is 9.84 Å². The van der Waals surface area contributed by atoms with Crippen molar-refractivity contribution in [3.63, 3.8) is 0 Å². The smallest absolute Gasteiger partial charge is 0.226 e. The van der Waals surface area contributed by atoms with Gasteiger partial charge in [0.25, 0.3) is 0 Å². The fourth-order valence-electron chi connectivity index (χ4n) is 1.29. The molecular weight excluding hydrogens is 224 g/mol. The van der Waals surface area contributed by atoms with Crippen molar-refractivity contribution in [3.05, 3.63) is 42.7 Å². The van der Waals surface area contributed by atoms with Crippen molar-refractivity contribution >= 4 is 9.84 Å². The molecule has 0 fully saturated rings. The molecule has 1 aromatic heterocycles. The number of aromatic nitrogens is 2.